The smallest absolute Gasteiger partial charge is 0.250 e. The summed E-state index contributed by atoms with van der Waals surface area (Å²) in [5.74, 6) is -2.13. The molecule has 32 heavy (non-hydrogen) atoms. The molecule has 1 N–H and O–H groups in total. The van der Waals surface area contributed by atoms with Crippen molar-refractivity contribution >= 4 is 41.3 Å². The molecule has 5 rings (SSSR count). The van der Waals surface area contributed by atoms with Crippen molar-refractivity contribution in [1.29, 1.82) is 0 Å². The van der Waals surface area contributed by atoms with Crippen LogP contribution in [0, 0.1) is 5.41 Å². The molecule has 0 radical (unpaired) electrons. The maximum absolute atomic E-state index is 13.4. The van der Waals surface area contributed by atoms with Crippen molar-refractivity contribution < 1.29 is 18.4 Å². The number of aromatic nitrogens is 3. The molecule has 4 heterocycles. The van der Waals surface area contributed by atoms with Crippen LogP contribution in [-0.2, 0) is 16.0 Å². The largest absolute Gasteiger partial charge is 0.339 e. The number of amides is 2. The van der Waals surface area contributed by atoms with Crippen LogP contribution in [0.3, 0.4) is 0 Å². The van der Waals surface area contributed by atoms with E-state index in [1.165, 1.54) is 23.2 Å². The number of rotatable bonds is 3. The number of nitrogens with zero attached hydrogens (tertiary/aromatic N) is 4. The average molecular weight is 458 g/mol. The van der Waals surface area contributed by atoms with Gasteiger partial charge in [-0.25, -0.2) is 18.7 Å². The molecule has 1 saturated carbocycles. The van der Waals surface area contributed by atoms with Crippen LogP contribution in [-0.4, -0.2) is 50.1 Å². The number of hydrogen-bond acceptors (Lipinski definition) is 6. The van der Waals surface area contributed by atoms with Gasteiger partial charge in [0.1, 0.15) is 11.3 Å². The monoisotopic (exact) mass is 457 g/mol. The van der Waals surface area contributed by atoms with Gasteiger partial charge >= 0.3 is 0 Å². The highest BCUT2D eigenvalue weighted by Crippen LogP contribution is 2.56. The van der Waals surface area contributed by atoms with Gasteiger partial charge in [0.2, 0.25) is 17.7 Å². The molecule has 0 atom stereocenters. The Morgan fingerprint density at radius 1 is 1.22 bits per heavy atom. The second kappa shape index (κ2) is 7.84. The Kier molecular flexibility index (Phi) is 5.11. The first-order chi connectivity index (χ1) is 15.3. The second-order valence-electron chi connectivity index (χ2n) is 8.65. The summed E-state index contributed by atoms with van der Waals surface area (Å²) in [7, 11) is 0. The van der Waals surface area contributed by atoms with E-state index < -0.39 is 24.2 Å². The fourth-order valence-electron chi connectivity index (χ4n) is 4.63. The number of anilines is 1. The molecular weight excluding hydrogens is 436 g/mol. The summed E-state index contributed by atoms with van der Waals surface area (Å²) in [6.07, 6.45) is 7.66. The minimum absolute atomic E-state index is 0.0861. The van der Waals surface area contributed by atoms with E-state index in [0.29, 0.717) is 30.3 Å². The van der Waals surface area contributed by atoms with Crippen LogP contribution in [0.1, 0.15) is 42.6 Å². The SMILES string of the molecule is O=C(/C=C/c1cnc2c(c1)CC1(CC(F)(F)C1)C(=O)N2)N1CCC(=Cc2ncsn2)CC1. The minimum atomic E-state index is -2.79. The summed E-state index contributed by atoms with van der Waals surface area (Å²) in [5, 5.41) is 2.66. The zero-order valence-corrected chi connectivity index (χ0v) is 18.0. The van der Waals surface area contributed by atoms with Gasteiger partial charge in [-0.05, 0) is 60.1 Å². The van der Waals surface area contributed by atoms with Crippen molar-refractivity contribution in [1.82, 2.24) is 19.2 Å². The Morgan fingerprint density at radius 3 is 2.69 bits per heavy atom. The van der Waals surface area contributed by atoms with E-state index in [-0.39, 0.29) is 18.2 Å². The summed E-state index contributed by atoms with van der Waals surface area (Å²) in [5.41, 5.74) is 3.29. The molecule has 1 spiro atoms. The van der Waals surface area contributed by atoms with Crippen LogP contribution < -0.4 is 5.32 Å². The highest BCUT2D eigenvalue weighted by Gasteiger charge is 2.61. The number of hydrogen-bond donors (Lipinski definition) is 1. The standard InChI is InChI=1S/C22H21F2N5O2S/c23-22(24)11-21(12-22)9-16-7-15(10-25-19(16)27-20(21)31)1-2-18(30)29-5-3-14(4-6-29)8-17-26-13-32-28-17/h1-2,7-8,10,13H,3-6,9,11-12H2,(H,25,27,31)/b2-1+. The normalized spacial score (nSPS) is 21.2. The minimum Gasteiger partial charge on any atom is -0.339 e. The summed E-state index contributed by atoms with van der Waals surface area (Å²) in [4.78, 5) is 35.1. The van der Waals surface area contributed by atoms with Gasteiger partial charge in [0, 0.05) is 38.2 Å². The third-order valence-electron chi connectivity index (χ3n) is 6.27. The number of alkyl halides is 2. The van der Waals surface area contributed by atoms with Crippen LogP contribution in [0.4, 0.5) is 14.6 Å². The third kappa shape index (κ3) is 4.06. The van der Waals surface area contributed by atoms with Crippen LogP contribution in [0.15, 0.2) is 29.4 Å². The molecule has 2 fully saturated rings. The Bertz CT molecular complexity index is 1110. The molecule has 0 unspecified atom stereocenters. The van der Waals surface area contributed by atoms with Gasteiger partial charge < -0.3 is 10.2 Å². The lowest BCUT2D eigenvalue weighted by Gasteiger charge is -2.48. The molecule has 2 aromatic rings. The van der Waals surface area contributed by atoms with Gasteiger partial charge in [0.05, 0.1) is 5.41 Å². The quantitative estimate of drug-likeness (QED) is 0.712. The summed E-state index contributed by atoms with van der Waals surface area (Å²) in [6, 6.07) is 1.81. The van der Waals surface area contributed by atoms with E-state index in [9.17, 15) is 18.4 Å². The van der Waals surface area contributed by atoms with Crippen molar-refractivity contribution in [2.75, 3.05) is 18.4 Å². The number of piperidine rings is 1. The topological polar surface area (TPSA) is 88.1 Å². The zero-order valence-electron chi connectivity index (χ0n) is 17.2. The molecule has 3 aliphatic rings. The average Bonchev–Trinajstić information content (AvgIpc) is 3.25. The Morgan fingerprint density at radius 2 is 2.00 bits per heavy atom. The fraction of sp³-hybridized carbons (Fsp3) is 0.409. The number of fused-ring (bicyclic) bond motifs is 1. The van der Waals surface area contributed by atoms with Gasteiger partial charge in [0.25, 0.3) is 0 Å². The lowest BCUT2D eigenvalue weighted by molar-refractivity contribution is -0.175. The molecule has 166 valence electrons. The van der Waals surface area contributed by atoms with Crippen LogP contribution in [0.2, 0.25) is 0 Å². The molecule has 1 saturated heterocycles. The number of likely N-dealkylation sites (tertiary alicyclic amines) is 1. The van der Waals surface area contributed by atoms with Crippen molar-refractivity contribution in [2.45, 2.75) is 38.0 Å². The Balaban J connectivity index is 1.22. The van der Waals surface area contributed by atoms with Crippen LogP contribution >= 0.6 is 11.5 Å². The van der Waals surface area contributed by atoms with E-state index in [4.69, 9.17) is 0 Å². The first-order valence-corrected chi connectivity index (χ1v) is 11.3. The molecule has 10 heteroatoms. The van der Waals surface area contributed by atoms with Gasteiger partial charge in [-0.1, -0.05) is 5.57 Å². The van der Waals surface area contributed by atoms with Crippen LogP contribution in [0.5, 0.6) is 0 Å². The van der Waals surface area contributed by atoms with E-state index in [2.05, 4.69) is 19.7 Å². The first-order valence-electron chi connectivity index (χ1n) is 10.4. The summed E-state index contributed by atoms with van der Waals surface area (Å²) < 4.78 is 31.1. The fourth-order valence-corrected chi connectivity index (χ4v) is 5.04. The number of carbonyl (C=O) groups excluding carboxylic acids is 2. The lowest BCUT2D eigenvalue weighted by Crippen LogP contribution is -2.56. The second-order valence-corrected chi connectivity index (χ2v) is 9.25. The lowest BCUT2D eigenvalue weighted by atomic mass is 9.61. The Labute approximate surface area is 187 Å². The van der Waals surface area contributed by atoms with E-state index in [0.717, 1.165) is 18.4 Å². The number of halogens is 2. The van der Waals surface area contributed by atoms with E-state index in [1.807, 2.05) is 12.1 Å². The van der Waals surface area contributed by atoms with Gasteiger partial charge in [0.15, 0.2) is 5.82 Å². The molecule has 7 nitrogen and oxygen atoms in total. The highest BCUT2D eigenvalue weighted by atomic mass is 32.1. The highest BCUT2D eigenvalue weighted by molar-refractivity contribution is 7.03. The van der Waals surface area contributed by atoms with E-state index in [1.54, 1.807) is 22.7 Å². The molecule has 1 aliphatic carbocycles. The summed E-state index contributed by atoms with van der Waals surface area (Å²) in [6.45, 7) is 1.26. The first kappa shape index (κ1) is 20.9. The molecule has 2 aromatic heterocycles. The number of pyridine rings is 1. The molecule has 0 aromatic carbocycles. The molecule has 0 bridgehead atoms. The number of carbonyl (C=O) groups is 2. The van der Waals surface area contributed by atoms with Crippen LogP contribution in [0.25, 0.3) is 12.2 Å². The predicted octanol–water partition coefficient (Wildman–Crippen LogP) is 3.56. The van der Waals surface area contributed by atoms with Gasteiger partial charge in [-0.3, -0.25) is 9.59 Å². The zero-order chi connectivity index (χ0) is 22.3. The van der Waals surface area contributed by atoms with E-state index >= 15 is 0 Å². The van der Waals surface area contributed by atoms with Gasteiger partial charge in [-0.15, -0.1) is 0 Å². The molecular formula is C22H21F2N5O2S. The van der Waals surface area contributed by atoms with Crippen molar-refractivity contribution in [3.05, 3.63) is 46.4 Å². The maximum Gasteiger partial charge on any atom is 0.250 e. The predicted molar refractivity (Wildman–Crippen MR) is 116 cm³/mol. The van der Waals surface area contributed by atoms with Crippen molar-refractivity contribution in [3.8, 4) is 0 Å². The summed E-state index contributed by atoms with van der Waals surface area (Å²) >= 11 is 1.31. The molecule has 2 amide bonds. The maximum atomic E-state index is 13.4. The van der Waals surface area contributed by atoms with Crippen molar-refractivity contribution in [2.24, 2.45) is 5.41 Å². The number of nitrogens with one attached hydrogen (secondary N) is 1. The third-order valence-corrected chi connectivity index (χ3v) is 6.76. The van der Waals surface area contributed by atoms with Crippen molar-refractivity contribution in [3.63, 3.8) is 0 Å². The Hall–Kier alpha value is -3.01. The van der Waals surface area contributed by atoms with Gasteiger partial charge in [-0.2, -0.15) is 4.37 Å². The molecule has 2 aliphatic heterocycles.